The van der Waals surface area contributed by atoms with Gasteiger partial charge in [-0.3, -0.25) is 4.79 Å². The zero-order chi connectivity index (χ0) is 15.0. The number of fused-ring (bicyclic) bond motifs is 1. The van der Waals surface area contributed by atoms with Gasteiger partial charge in [-0.05, 0) is 30.2 Å². The molecule has 6 heteroatoms. The molecule has 21 heavy (non-hydrogen) atoms. The van der Waals surface area contributed by atoms with E-state index in [0.717, 1.165) is 22.4 Å². The van der Waals surface area contributed by atoms with Crippen LogP contribution in [0, 0.1) is 6.92 Å². The van der Waals surface area contributed by atoms with Crippen LogP contribution in [0.5, 0.6) is 5.75 Å². The van der Waals surface area contributed by atoms with Crippen molar-refractivity contribution in [3.63, 3.8) is 0 Å². The summed E-state index contributed by atoms with van der Waals surface area (Å²) in [6.07, 6.45) is 0. The molecular formula is C15H13ClN2O2S. The van der Waals surface area contributed by atoms with Gasteiger partial charge in [0.2, 0.25) is 0 Å². The third-order valence-corrected chi connectivity index (χ3v) is 4.45. The number of thiophene rings is 1. The molecule has 0 saturated heterocycles. The lowest BCUT2D eigenvalue weighted by Crippen LogP contribution is -2.10. The Morgan fingerprint density at radius 3 is 2.90 bits per heavy atom. The van der Waals surface area contributed by atoms with Crippen molar-refractivity contribution in [3.05, 3.63) is 45.3 Å². The Kier molecular flexibility index (Phi) is 3.69. The van der Waals surface area contributed by atoms with Crippen LogP contribution in [0.4, 0.5) is 0 Å². The van der Waals surface area contributed by atoms with Crippen LogP contribution in [0.3, 0.4) is 0 Å². The highest BCUT2D eigenvalue weighted by Crippen LogP contribution is 2.33. The third-order valence-electron chi connectivity index (χ3n) is 3.33. The highest BCUT2D eigenvalue weighted by molar-refractivity contribution is 7.17. The van der Waals surface area contributed by atoms with Gasteiger partial charge in [0.25, 0.3) is 5.56 Å². The number of hydrogen-bond acceptors (Lipinski definition) is 4. The number of hydrogen-bond donors (Lipinski definition) is 1. The summed E-state index contributed by atoms with van der Waals surface area (Å²) in [4.78, 5) is 20.0. The van der Waals surface area contributed by atoms with Crippen molar-refractivity contribution >= 4 is 33.2 Å². The number of nitrogens with one attached hydrogen (secondary N) is 1. The summed E-state index contributed by atoms with van der Waals surface area (Å²) in [5.41, 5.74) is 2.73. The van der Waals surface area contributed by atoms with Crippen molar-refractivity contribution in [2.24, 2.45) is 0 Å². The number of rotatable bonds is 3. The number of alkyl halides is 1. The van der Waals surface area contributed by atoms with Gasteiger partial charge in [0.05, 0.1) is 18.4 Å². The predicted molar refractivity (Wildman–Crippen MR) is 86.5 cm³/mol. The molecular weight excluding hydrogens is 308 g/mol. The van der Waals surface area contributed by atoms with E-state index in [4.69, 9.17) is 16.3 Å². The molecule has 0 bridgehead atoms. The molecule has 3 aromatic rings. The van der Waals surface area contributed by atoms with E-state index in [1.54, 1.807) is 7.11 Å². The van der Waals surface area contributed by atoms with Crippen LogP contribution in [0.1, 0.15) is 11.4 Å². The molecule has 0 aliphatic heterocycles. The Morgan fingerprint density at radius 1 is 1.43 bits per heavy atom. The second-order valence-corrected chi connectivity index (χ2v) is 5.79. The highest BCUT2D eigenvalue weighted by atomic mass is 35.5. The molecule has 2 aromatic heterocycles. The summed E-state index contributed by atoms with van der Waals surface area (Å²) < 4.78 is 5.27. The minimum absolute atomic E-state index is 0.152. The van der Waals surface area contributed by atoms with Crippen molar-refractivity contribution in [1.82, 2.24) is 9.97 Å². The lowest BCUT2D eigenvalue weighted by Gasteiger charge is -2.06. The lowest BCUT2D eigenvalue weighted by molar-refractivity contribution is 0.412. The van der Waals surface area contributed by atoms with Crippen LogP contribution in [0.2, 0.25) is 0 Å². The molecule has 2 heterocycles. The van der Waals surface area contributed by atoms with E-state index in [-0.39, 0.29) is 11.4 Å². The average molecular weight is 321 g/mol. The normalized spacial score (nSPS) is 11.0. The molecule has 0 spiro atoms. The van der Waals surface area contributed by atoms with E-state index >= 15 is 0 Å². The minimum atomic E-state index is -0.152. The Hall–Kier alpha value is -1.85. The number of aromatic nitrogens is 2. The van der Waals surface area contributed by atoms with Gasteiger partial charge in [-0.15, -0.1) is 22.9 Å². The van der Waals surface area contributed by atoms with Crippen molar-refractivity contribution in [3.8, 4) is 16.9 Å². The van der Waals surface area contributed by atoms with E-state index in [0.29, 0.717) is 16.0 Å². The standard InChI is InChI=1S/C15H13ClN2O2S/c1-8-5-9(3-4-11(8)20-2)10-7-21-15-13(10)14(19)17-12(6-16)18-15/h3-5,7H,6H2,1-2H3,(H,17,18,19). The Balaban J connectivity index is 2.22. The molecule has 0 atom stereocenters. The first-order chi connectivity index (χ1) is 10.1. The molecule has 0 aliphatic rings. The molecule has 0 radical (unpaired) electrons. The second kappa shape index (κ2) is 5.50. The van der Waals surface area contributed by atoms with Gasteiger partial charge in [-0.25, -0.2) is 4.98 Å². The van der Waals surface area contributed by atoms with Crippen LogP contribution in [0.25, 0.3) is 21.3 Å². The maximum absolute atomic E-state index is 12.2. The van der Waals surface area contributed by atoms with E-state index in [1.165, 1.54) is 11.3 Å². The fraction of sp³-hybridized carbons (Fsp3) is 0.200. The fourth-order valence-electron chi connectivity index (χ4n) is 2.32. The lowest BCUT2D eigenvalue weighted by atomic mass is 10.0. The molecule has 1 aromatic carbocycles. The van der Waals surface area contributed by atoms with Gasteiger partial charge < -0.3 is 9.72 Å². The van der Waals surface area contributed by atoms with Gasteiger partial charge in [0.15, 0.2) is 0 Å². The van der Waals surface area contributed by atoms with Crippen LogP contribution >= 0.6 is 22.9 Å². The van der Waals surface area contributed by atoms with Crippen LogP contribution in [-0.4, -0.2) is 17.1 Å². The number of nitrogens with zero attached hydrogens (tertiary/aromatic N) is 1. The number of benzene rings is 1. The molecule has 3 rings (SSSR count). The first-order valence-corrected chi connectivity index (χ1v) is 7.77. The maximum Gasteiger partial charge on any atom is 0.260 e. The number of H-pyrrole nitrogens is 1. The van der Waals surface area contributed by atoms with Gasteiger partial charge >= 0.3 is 0 Å². The highest BCUT2D eigenvalue weighted by Gasteiger charge is 2.13. The zero-order valence-electron chi connectivity index (χ0n) is 11.6. The van der Waals surface area contributed by atoms with Gasteiger partial charge in [0.1, 0.15) is 16.4 Å². The molecule has 0 aliphatic carbocycles. The average Bonchev–Trinajstić information content (AvgIpc) is 2.91. The van der Waals surface area contributed by atoms with E-state index in [9.17, 15) is 4.79 Å². The predicted octanol–water partition coefficient (Wildman–Crippen LogP) is 3.71. The third kappa shape index (κ3) is 2.43. The Labute approximate surface area is 130 Å². The smallest absolute Gasteiger partial charge is 0.260 e. The van der Waals surface area contributed by atoms with Crippen molar-refractivity contribution < 1.29 is 4.74 Å². The summed E-state index contributed by atoms with van der Waals surface area (Å²) in [6.45, 7) is 1.98. The maximum atomic E-state index is 12.2. The zero-order valence-corrected chi connectivity index (χ0v) is 13.1. The summed E-state index contributed by atoms with van der Waals surface area (Å²) >= 11 is 7.18. The first kappa shape index (κ1) is 14.1. The number of ether oxygens (including phenoxy) is 1. The van der Waals surface area contributed by atoms with E-state index in [2.05, 4.69) is 9.97 Å². The van der Waals surface area contributed by atoms with E-state index in [1.807, 2.05) is 30.5 Å². The van der Waals surface area contributed by atoms with E-state index < -0.39 is 0 Å². The molecule has 0 fully saturated rings. The molecule has 0 saturated carbocycles. The minimum Gasteiger partial charge on any atom is -0.496 e. The van der Waals surface area contributed by atoms with Crippen molar-refractivity contribution in [2.45, 2.75) is 12.8 Å². The van der Waals surface area contributed by atoms with Gasteiger partial charge in [0, 0.05) is 10.9 Å². The van der Waals surface area contributed by atoms with Crippen LogP contribution in [-0.2, 0) is 5.88 Å². The second-order valence-electron chi connectivity index (χ2n) is 4.66. The molecule has 108 valence electrons. The summed E-state index contributed by atoms with van der Waals surface area (Å²) in [7, 11) is 1.64. The first-order valence-electron chi connectivity index (χ1n) is 6.35. The molecule has 0 amide bonds. The monoisotopic (exact) mass is 320 g/mol. The summed E-state index contributed by atoms with van der Waals surface area (Å²) in [5.74, 6) is 1.52. The quantitative estimate of drug-likeness (QED) is 0.748. The topological polar surface area (TPSA) is 55.0 Å². The summed E-state index contributed by atoms with van der Waals surface area (Å²) in [5, 5.41) is 2.56. The number of halogens is 1. The van der Waals surface area contributed by atoms with Crippen LogP contribution < -0.4 is 10.3 Å². The largest absolute Gasteiger partial charge is 0.496 e. The van der Waals surface area contributed by atoms with Crippen molar-refractivity contribution in [2.75, 3.05) is 7.11 Å². The molecule has 1 N–H and O–H groups in total. The fourth-order valence-corrected chi connectivity index (χ4v) is 3.41. The Morgan fingerprint density at radius 2 is 2.24 bits per heavy atom. The van der Waals surface area contributed by atoms with Crippen molar-refractivity contribution in [1.29, 1.82) is 0 Å². The van der Waals surface area contributed by atoms with Crippen LogP contribution in [0.15, 0.2) is 28.4 Å². The molecule has 0 unspecified atom stereocenters. The SMILES string of the molecule is COc1ccc(-c2csc3nc(CCl)[nH]c(=O)c23)cc1C. The van der Waals surface area contributed by atoms with Gasteiger partial charge in [-0.1, -0.05) is 6.07 Å². The number of methoxy groups -OCH3 is 1. The molecule has 4 nitrogen and oxygen atoms in total. The summed E-state index contributed by atoms with van der Waals surface area (Å²) in [6, 6.07) is 5.86. The van der Waals surface area contributed by atoms with Gasteiger partial charge in [-0.2, -0.15) is 0 Å². The Bertz CT molecular complexity index is 870. The number of aromatic amines is 1. The number of aryl methyl sites for hydroxylation is 1.